The van der Waals surface area contributed by atoms with Gasteiger partial charge in [-0.2, -0.15) is 13.2 Å². The molecule has 1 unspecified atom stereocenters. The first-order valence-electron chi connectivity index (χ1n) is 16.3. The molecule has 9 nitrogen and oxygen atoms in total. The van der Waals surface area contributed by atoms with E-state index in [2.05, 4.69) is 10.3 Å². The van der Waals surface area contributed by atoms with E-state index >= 15 is 8.78 Å². The van der Waals surface area contributed by atoms with Gasteiger partial charge < -0.3 is 24.4 Å². The van der Waals surface area contributed by atoms with Crippen molar-refractivity contribution in [1.82, 2.24) is 15.2 Å². The van der Waals surface area contributed by atoms with Crippen LogP contribution in [-0.2, 0) is 26.4 Å². The second-order valence-electron chi connectivity index (χ2n) is 14.2. The molecule has 1 aromatic heterocycles. The topological polar surface area (TPSA) is 107 Å². The van der Waals surface area contributed by atoms with E-state index in [0.29, 0.717) is 12.8 Å². The molecule has 5 rings (SSSR count). The normalized spacial score (nSPS) is 28.3. The molecule has 264 valence electrons. The molecule has 1 aliphatic carbocycles. The molecular formula is C34H42F5N3O6. The highest BCUT2D eigenvalue weighted by Crippen LogP contribution is 2.50. The molecule has 2 aliphatic heterocycles. The standard InChI is InChI=1S/C34H42F5N3O6/c1-7-20-24-16-42(27(20)17(2)43)30(44)28(32(3,4)5)41-31(45)48-23-14-18(23)10-8-9-13-33(35,36)26-25(34(37,38)39)21-12-11-19(46-6)15-22(21)40-29(26)47-24/h11-12,15,18,20,23-24,27-28H,7-10,13-14,16H2,1-6H3,(H,41,45)/t18-,20?,23-,24+,27-,28-/m1/s1. The first-order valence-corrected chi connectivity index (χ1v) is 16.3. The number of benzene rings is 1. The fraction of sp³-hybridized carbons (Fsp3) is 0.647. The largest absolute Gasteiger partial charge is 0.497 e. The van der Waals surface area contributed by atoms with Gasteiger partial charge in [0.2, 0.25) is 11.8 Å². The molecule has 2 bridgehead atoms. The highest BCUT2D eigenvalue weighted by Gasteiger charge is 2.53. The molecule has 2 fully saturated rings. The van der Waals surface area contributed by atoms with Crippen molar-refractivity contribution in [2.24, 2.45) is 17.3 Å². The quantitative estimate of drug-likeness (QED) is 0.346. The minimum Gasteiger partial charge on any atom is -0.497 e. The molecule has 1 saturated carbocycles. The summed E-state index contributed by atoms with van der Waals surface area (Å²) < 4.78 is 94.0. The second-order valence-corrected chi connectivity index (χ2v) is 14.2. The van der Waals surface area contributed by atoms with Gasteiger partial charge in [-0.15, -0.1) is 0 Å². The molecule has 14 heteroatoms. The maximum Gasteiger partial charge on any atom is 0.417 e. The van der Waals surface area contributed by atoms with E-state index in [4.69, 9.17) is 14.2 Å². The number of nitrogens with zero attached hydrogens (tertiary/aromatic N) is 2. The van der Waals surface area contributed by atoms with E-state index < -0.39 is 94.3 Å². The van der Waals surface area contributed by atoms with Crippen molar-refractivity contribution in [2.45, 2.75) is 110 Å². The average Bonchev–Trinajstić information content (AvgIpc) is 3.61. The van der Waals surface area contributed by atoms with Crippen LogP contribution in [0.1, 0.15) is 84.3 Å². The molecule has 3 aliphatic rings. The van der Waals surface area contributed by atoms with Gasteiger partial charge in [-0.05, 0) is 56.1 Å². The highest BCUT2D eigenvalue weighted by atomic mass is 19.4. The minimum absolute atomic E-state index is 0.0965. The van der Waals surface area contributed by atoms with Gasteiger partial charge in [0, 0.05) is 23.8 Å². The number of halogens is 5. The fourth-order valence-electron chi connectivity index (χ4n) is 7.10. The molecule has 1 N–H and O–H groups in total. The Kier molecular flexibility index (Phi) is 9.61. The molecule has 1 aromatic carbocycles. The van der Waals surface area contributed by atoms with Crippen molar-refractivity contribution in [1.29, 1.82) is 0 Å². The zero-order valence-electron chi connectivity index (χ0n) is 27.9. The number of hydrogen-bond donors (Lipinski definition) is 1. The molecule has 0 radical (unpaired) electrons. The Hall–Kier alpha value is -3.71. The van der Waals surface area contributed by atoms with Crippen molar-refractivity contribution in [3.8, 4) is 11.6 Å². The number of ketones is 1. The van der Waals surface area contributed by atoms with Gasteiger partial charge in [-0.3, -0.25) is 9.59 Å². The third-order valence-corrected chi connectivity index (χ3v) is 9.65. The van der Waals surface area contributed by atoms with Crippen molar-refractivity contribution in [2.75, 3.05) is 13.7 Å². The number of aromatic nitrogens is 1. The number of alkyl carbamates (subject to hydrolysis) is 1. The summed E-state index contributed by atoms with van der Waals surface area (Å²) >= 11 is 0. The van der Waals surface area contributed by atoms with Crippen molar-refractivity contribution in [3.05, 3.63) is 29.3 Å². The van der Waals surface area contributed by atoms with Crippen LogP contribution in [0.4, 0.5) is 26.7 Å². The summed E-state index contributed by atoms with van der Waals surface area (Å²) in [5.41, 5.74) is -4.05. The van der Waals surface area contributed by atoms with E-state index in [1.807, 2.05) is 0 Å². The summed E-state index contributed by atoms with van der Waals surface area (Å²) in [6.45, 7) is 7.84. The van der Waals surface area contributed by atoms with E-state index in [-0.39, 0.29) is 43.0 Å². The van der Waals surface area contributed by atoms with Crippen LogP contribution >= 0.6 is 0 Å². The second kappa shape index (κ2) is 13.0. The Morgan fingerprint density at radius 1 is 1.12 bits per heavy atom. The highest BCUT2D eigenvalue weighted by molar-refractivity contribution is 5.93. The Morgan fingerprint density at radius 2 is 1.83 bits per heavy atom. The van der Waals surface area contributed by atoms with Crippen LogP contribution in [0.2, 0.25) is 0 Å². The lowest BCUT2D eigenvalue weighted by Gasteiger charge is -2.35. The monoisotopic (exact) mass is 683 g/mol. The molecule has 48 heavy (non-hydrogen) atoms. The lowest BCUT2D eigenvalue weighted by molar-refractivity contribution is -0.141. The van der Waals surface area contributed by atoms with Gasteiger partial charge in [-0.1, -0.05) is 34.1 Å². The number of ether oxygens (including phenoxy) is 3. The van der Waals surface area contributed by atoms with Crippen molar-refractivity contribution in [3.63, 3.8) is 0 Å². The number of carbonyl (C=O) groups is 3. The predicted octanol–water partition coefficient (Wildman–Crippen LogP) is 7.03. The molecule has 0 spiro atoms. The van der Waals surface area contributed by atoms with Gasteiger partial charge in [0.15, 0.2) is 5.78 Å². The SMILES string of the molecule is CCC1[C@@H]2CN(C(=O)[C@H](C(C)(C)C)NC(=O)O[C@@H]3C[C@H]3CCCCC(F)(F)c3c(nc4cc(OC)ccc4c3C(F)(F)F)O2)[C@@H]1C(C)=O. The smallest absolute Gasteiger partial charge is 0.417 e. The summed E-state index contributed by atoms with van der Waals surface area (Å²) in [5, 5.41) is 2.14. The summed E-state index contributed by atoms with van der Waals surface area (Å²) in [6, 6.07) is 1.26. The number of carbonyl (C=O) groups excluding carboxylic acids is 3. The van der Waals surface area contributed by atoms with Crippen LogP contribution in [-0.4, -0.2) is 65.6 Å². The van der Waals surface area contributed by atoms with E-state index in [1.54, 1.807) is 27.7 Å². The zero-order chi connectivity index (χ0) is 35.3. The van der Waals surface area contributed by atoms with Crippen LogP contribution in [0.5, 0.6) is 11.6 Å². The first-order chi connectivity index (χ1) is 22.4. The van der Waals surface area contributed by atoms with E-state index in [9.17, 15) is 27.6 Å². The average molecular weight is 684 g/mol. The van der Waals surface area contributed by atoms with Crippen LogP contribution in [0.15, 0.2) is 18.2 Å². The number of amides is 2. The van der Waals surface area contributed by atoms with Crippen LogP contribution in [0.3, 0.4) is 0 Å². The number of hydrogen-bond acceptors (Lipinski definition) is 7. The third-order valence-electron chi connectivity index (χ3n) is 9.65. The zero-order valence-corrected chi connectivity index (χ0v) is 27.9. The lowest BCUT2D eigenvalue weighted by atomic mass is 9.85. The maximum atomic E-state index is 16.3. The Morgan fingerprint density at radius 3 is 2.44 bits per heavy atom. The Bertz CT molecular complexity index is 1580. The number of nitrogens with one attached hydrogen (secondary N) is 1. The maximum absolute atomic E-state index is 16.3. The summed E-state index contributed by atoms with van der Waals surface area (Å²) in [5.74, 6) is -6.71. The predicted molar refractivity (Wildman–Crippen MR) is 165 cm³/mol. The first kappa shape index (κ1) is 35.6. The molecule has 6 atom stereocenters. The van der Waals surface area contributed by atoms with Gasteiger partial charge in [0.25, 0.3) is 5.92 Å². The summed E-state index contributed by atoms with van der Waals surface area (Å²) in [6.07, 6.45) is -7.29. The lowest BCUT2D eigenvalue weighted by Crippen LogP contribution is -2.57. The molecule has 2 aromatic rings. The minimum atomic E-state index is -5.22. The number of rotatable bonds is 3. The Labute approximate surface area is 275 Å². The van der Waals surface area contributed by atoms with Gasteiger partial charge >= 0.3 is 12.3 Å². The Balaban J connectivity index is 1.69. The van der Waals surface area contributed by atoms with Gasteiger partial charge in [0.1, 0.15) is 24.0 Å². The van der Waals surface area contributed by atoms with Gasteiger partial charge in [0.05, 0.1) is 36.3 Å². The van der Waals surface area contributed by atoms with Crippen LogP contribution in [0.25, 0.3) is 10.9 Å². The number of methoxy groups -OCH3 is 1. The molecule has 1 saturated heterocycles. The van der Waals surface area contributed by atoms with Crippen molar-refractivity contribution >= 4 is 28.7 Å². The van der Waals surface area contributed by atoms with E-state index in [1.165, 1.54) is 31.1 Å². The number of Topliss-reactive ketones (excluding diaryl/α,β-unsaturated/α-hetero) is 1. The number of alkyl halides is 5. The number of fused-ring (bicyclic) bond motifs is 5. The number of pyridine rings is 1. The molecule has 2 amide bonds. The van der Waals surface area contributed by atoms with Crippen molar-refractivity contribution < 1.29 is 50.5 Å². The molecular weight excluding hydrogens is 641 g/mol. The summed E-state index contributed by atoms with van der Waals surface area (Å²) in [4.78, 5) is 45.7. The summed E-state index contributed by atoms with van der Waals surface area (Å²) in [7, 11) is 1.31. The molecule has 3 heterocycles. The van der Waals surface area contributed by atoms with E-state index in [0.717, 1.165) is 6.07 Å². The van der Waals surface area contributed by atoms with Gasteiger partial charge in [-0.25, -0.2) is 18.6 Å². The third kappa shape index (κ3) is 7.03. The fourth-order valence-corrected chi connectivity index (χ4v) is 7.10. The van der Waals surface area contributed by atoms with Crippen LogP contribution < -0.4 is 14.8 Å². The van der Waals surface area contributed by atoms with Crippen LogP contribution in [0, 0.1) is 17.3 Å².